The first kappa shape index (κ1) is 21.6. The average molecular weight is 449 g/mol. The Morgan fingerprint density at radius 2 is 1.97 bits per heavy atom. The van der Waals surface area contributed by atoms with Gasteiger partial charge in [-0.05, 0) is 49.9 Å². The Bertz CT molecular complexity index is 1270. The number of hydrogen-bond acceptors (Lipinski definition) is 6. The maximum atomic E-state index is 13.2. The van der Waals surface area contributed by atoms with Crippen LogP contribution in [0.25, 0.3) is 0 Å². The molecule has 0 spiro atoms. The minimum Gasteiger partial charge on any atom is -0.384 e. The van der Waals surface area contributed by atoms with Crippen molar-refractivity contribution < 1.29 is 9.72 Å². The zero-order valence-corrected chi connectivity index (χ0v) is 18.4. The first-order valence-electron chi connectivity index (χ1n) is 10.2. The minimum atomic E-state index is -0.606. The van der Waals surface area contributed by atoms with Crippen molar-refractivity contribution in [1.29, 1.82) is 5.26 Å². The Labute approximate surface area is 190 Å². The zero-order valence-electron chi connectivity index (χ0n) is 17.7. The van der Waals surface area contributed by atoms with Crippen molar-refractivity contribution in [3.05, 3.63) is 90.9 Å². The number of nitriles is 1. The van der Waals surface area contributed by atoms with E-state index in [0.717, 1.165) is 16.7 Å². The Kier molecular flexibility index (Phi) is 5.49. The van der Waals surface area contributed by atoms with Crippen LogP contribution in [0.4, 0.5) is 11.4 Å². The molecule has 2 N–H and O–H groups in total. The average Bonchev–Trinajstić information content (AvgIpc) is 2.74. The number of anilines is 1. The van der Waals surface area contributed by atoms with E-state index in [1.807, 2.05) is 32.0 Å². The molecule has 2 aromatic rings. The normalized spacial score (nSPS) is 18.5. The van der Waals surface area contributed by atoms with Crippen LogP contribution in [0.15, 0.2) is 59.1 Å². The van der Waals surface area contributed by atoms with E-state index in [2.05, 4.69) is 6.07 Å². The highest BCUT2D eigenvalue weighted by molar-refractivity contribution is 6.31. The number of nitro benzene ring substituents is 1. The molecule has 32 heavy (non-hydrogen) atoms. The van der Waals surface area contributed by atoms with Gasteiger partial charge in [0.1, 0.15) is 11.5 Å². The predicted molar refractivity (Wildman–Crippen MR) is 122 cm³/mol. The van der Waals surface area contributed by atoms with Crippen LogP contribution < -0.4 is 10.6 Å². The van der Waals surface area contributed by atoms with Crippen LogP contribution in [0, 0.1) is 35.3 Å². The van der Waals surface area contributed by atoms with Gasteiger partial charge in [0.2, 0.25) is 0 Å². The van der Waals surface area contributed by atoms with Crippen molar-refractivity contribution in [3.8, 4) is 6.07 Å². The van der Waals surface area contributed by atoms with Crippen LogP contribution in [0.1, 0.15) is 41.9 Å². The van der Waals surface area contributed by atoms with Gasteiger partial charge in [-0.3, -0.25) is 19.8 Å². The number of allylic oxidation sites excluding steroid dienone is 3. The van der Waals surface area contributed by atoms with Gasteiger partial charge < -0.3 is 5.73 Å². The van der Waals surface area contributed by atoms with Gasteiger partial charge in [0.05, 0.1) is 22.5 Å². The van der Waals surface area contributed by atoms with Crippen LogP contribution in [-0.2, 0) is 4.79 Å². The molecule has 0 amide bonds. The summed E-state index contributed by atoms with van der Waals surface area (Å²) in [5, 5.41) is 22.1. The Balaban J connectivity index is 2.03. The first-order valence-corrected chi connectivity index (χ1v) is 10.6. The van der Waals surface area contributed by atoms with E-state index in [0.29, 0.717) is 30.5 Å². The molecule has 0 saturated carbocycles. The summed E-state index contributed by atoms with van der Waals surface area (Å²) in [7, 11) is 0. The lowest BCUT2D eigenvalue weighted by Crippen LogP contribution is -2.39. The van der Waals surface area contributed by atoms with Crippen LogP contribution in [0.3, 0.4) is 0 Å². The second kappa shape index (κ2) is 8.13. The lowest BCUT2D eigenvalue weighted by Gasteiger charge is -2.39. The minimum absolute atomic E-state index is 0.0712. The Morgan fingerprint density at radius 1 is 1.22 bits per heavy atom. The van der Waals surface area contributed by atoms with E-state index in [-0.39, 0.29) is 33.6 Å². The molecule has 1 atom stereocenters. The van der Waals surface area contributed by atoms with Gasteiger partial charge in [0.25, 0.3) is 5.69 Å². The molecule has 0 aromatic heterocycles. The largest absolute Gasteiger partial charge is 0.384 e. The van der Waals surface area contributed by atoms with Gasteiger partial charge in [-0.25, -0.2) is 0 Å². The second-order valence-corrected chi connectivity index (χ2v) is 8.50. The summed E-state index contributed by atoms with van der Waals surface area (Å²) in [6.07, 6.45) is 1.47. The van der Waals surface area contributed by atoms with Gasteiger partial charge in [-0.15, -0.1) is 0 Å². The number of halogens is 1. The number of nitro groups is 1. The first-order chi connectivity index (χ1) is 15.2. The number of rotatable bonds is 3. The molecule has 1 aliphatic heterocycles. The highest BCUT2D eigenvalue weighted by Gasteiger charge is 2.42. The monoisotopic (exact) mass is 448 g/mol. The quantitative estimate of drug-likeness (QED) is 0.511. The number of aryl methyl sites for hydroxylation is 2. The summed E-state index contributed by atoms with van der Waals surface area (Å²) >= 11 is 6.00. The molecule has 0 saturated heterocycles. The topological polar surface area (TPSA) is 113 Å². The van der Waals surface area contributed by atoms with Crippen LogP contribution in [-0.4, -0.2) is 10.7 Å². The highest BCUT2D eigenvalue weighted by atomic mass is 35.5. The fourth-order valence-corrected chi connectivity index (χ4v) is 4.82. The third kappa shape index (κ3) is 3.43. The highest BCUT2D eigenvalue weighted by Crippen LogP contribution is 2.48. The SMILES string of the molecule is Cc1ccc([C@@H]2C(C#N)=C(N)N(c3ccc(Cl)cc3[N+](=O)[O-])C3=C2C(=O)CCC3)c(C)c1. The number of carbonyl (C=O) groups is 1. The molecule has 2 aromatic carbocycles. The number of carbonyl (C=O) groups excluding carboxylic acids is 1. The molecule has 1 heterocycles. The summed E-state index contributed by atoms with van der Waals surface area (Å²) in [6, 6.07) is 12.3. The maximum absolute atomic E-state index is 13.2. The molecule has 8 heteroatoms. The Morgan fingerprint density at radius 3 is 2.62 bits per heavy atom. The molecular formula is C24H21ClN4O3. The maximum Gasteiger partial charge on any atom is 0.294 e. The predicted octanol–water partition coefficient (Wildman–Crippen LogP) is 5.17. The van der Waals surface area contributed by atoms with E-state index in [4.69, 9.17) is 17.3 Å². The zero-order chi connectivity index (χ0) is 23.2. The number of benzene rings is 2. The van der Waals surface area contributed by atoms with Crippen LogP contribution >= 0.6 is 11.6 Å². The van der Waals surface area contributed by atoms with Crippen molar-refractivity contribution in [2.24, 2.45) is 5.73 Å². The standard InChI is InChI=1S/C24H21ClN4O3/c1-13-6-8-16(14(2)10-13)22-17(12-26)24(27)28(19-4-3-5-21(30)23(19)22)18-9-7-15(25)11-20(18)29(31)32/h6-11,22H,3-5,27H2,1-2H3/t22-/m1/s1. The molecule has 0 bridgehead atoms. The molecule has 7 nitrogen and oxygen atoms in total. The van der Waals surface area contributed by atoms with Gasteiger partial charge >= 0.3 is 0 Å². The van der Waals surface area contributed by atoms with Gasteiger partial charge in [0.15, 0.2) is 5.78 Å². The summed E-state index contributed by atoms with van der Waals surface area (Å²) in [5.74, 6) is -0.583. The molecular weight excluding hydrogens is 428 g/mol. The lowest BCUT2D eigenvalue weighted by atomic mass is 9.74. The van der Waals surface area contributed by atoms with E-state index >= 15 is 0 Å². The molecule has 4 rings (SSSR count). The number of hydrogen-bond donors (Lipinski definition) is 1. The summed E-state index contributed by atoms with van der Waals surface area (Å²) in [5.41, 5.74) is 10.6. The third-order valence-electron chi connectivity index (χ3n) is 6.02. The molecule has 0 fully saturated rings. The summed E-state index contributed by atoms with van der Waals surface area (Å²) < 4.78 is 0. The second-order valence-electron chi connectivity index (χ2n) is 8.07. The fraction of sp³-hybridized carbons (Fsp3) is 0.250. The molecule has 2 aliphatic rings. The van der Waals surface area contributed by atoms with Crippen LogP contribution in [0.5, 0.6) is 0 Å². The van der Waals surface area contributed by atoms with Crippen molar-refractivity contribution in [2.45, 2.75) is 39.0 Å². The van der Waals surface area contributed by atoms with Crippen molar-refractivity contribution in [2.75, 3.05) is 4.90 Å². The van der Waals surface area contributed by atoms with Crippen molar-refractivity contribution >= 4 is 28.8 Å². The summed E-state index contributed by atoms with van der Waals surface area (Å²) in [4.78, 5) is 25.9. The van der Waals surface area contributed by atoms with Crippen molar-refractivity contribution in [3.63, 3.8) is 0 Å². The summed E-state index contributed by atoms with van der Waals surface area (Å²) in [6.45, 7) is 3.92. The molecule has 1 aliphatic carbocycles. The van der Waals surface area contributed by atoms with E-state index < -0.39 is 10.8 Å². The number of Topliss-reactive ketones (excluding diaryl/α,β-unsaturated/α-hetero) is 1. The van der Waals surface area contributed by atoms with Crippen molar-refractivity contribution in [1.82, 2.24) is 0 Å². The van der Waals surface area contributed by atoms with E-state index in [1.165, 1.54) is 23.1 Å². The Hall–Kier alpha value is -3.63. The van der Waals surface area contributed by atoms with Crippen LogP contribution in [0.2, 0.25) is 5.02 Å². The molecule has 0 radical (unpaired) electrons. The van der Waals surface area contributed by atoms with Gasteiger partial charge in [-0.1, -0.05) is 35.4 Å². The number of nitrogens with zero attached hydrogens (tertiary/aromatic N) is 3. The van der Waals surface area contributed by atoms with Gasteiger partial charge in [0, 0.05) is 28.8 Å². The number of nitrogens with two attached hydrogens (primary N) is 1. The number of ketones is 1. The molecule has 0 unspecified atom stereocenters. The fourth-order valence-electron chi connectivity index (χ4n) is 4.65. The third-order valence-corrected chi connectivity index (χ3v) is 6.26. The smallest absolute Gasteiger partial charge is 0.294 e. The molecule has 162 valence electrons. The van der Waals surface area contributed by atoms with E-state index in [9.17, 15) is 20.2 Å². The van der Waals surface area contributed by atoms with E-state index in [1.54, 1.807) is 0 Å². The van der Waals surface area contributed by atoms with Gasteiger partial charge in [-0.2, -0.15) is 5.26 Å². The lowest BCUT2D eigenvalue weighted by molar-refractivity contribution is -0.384.